The SMILES string of the molecule is CC(C)CCOc1ccc(C(=O)NC(=S)Nc2cccc(CCC(=O)N(C)C)c2)cc1Br. The maximum atomic E-state index is 12.6. The fraction of sp³-hybridized carbons (Fsp3) is 0.375. The Kier molecular flexibility index (Phi) is 10.1. The molecule has 2 N–H and O–H groups in total. The van der Waals surface area contributed by atoms with Gasteiger partial charge in [-0.3, -0.25) is 14.9 Å². The van der Waals surface area contributed by atoms with Crippen LogP contribution in [0.2, 0.25) is 0 Å². The first-order valence-electron chi connectivity index (χ1n) is 10.5. The van der Waals surface area contributed by atoms with Crippen molar-refractivity contribution in [3.63, 3.8) is 0 Å². The van der Waals surface area contributed by atoms with E-state index in [1.807, 2.05) is 24.3 Å². The molecule has 32 heavy (non-hydrogen) atoms. The van der Waals surface area contributed by atoms with E-state index in [1.165, 1.54) is 0 Å². The molecule has 0 atom stereocenters. The number of amides is 2. The molecule has 0 aliphatic heterocycles. The summed E-state index contributed by atoms with van der Waals surface area (Å²) in [5, 5.41) is 5.92. The Morgan fingerprint density at radius 1 is 1.16 bits per heavy atom. The van der Waals surface area contributed by atoms with Crippen LogP contribution in [0.25, 0.3) is 0 Å². The van der Waals surface area contributed by atoms with Gasteiger partial charge in [-0.05, 0) is 82.8 Å². The van der Waals surface area contributed by atoms with Gasteiger partial charge in [-0.1, -0.05) is 26.0 Å². The number of carbonyl (C=O) groups excluding carboxylic acids is 2. The Morgan fingerprint density at radius 3 is 2.56 bits per heavy atom. The van der Waals surface area contributed by atoms with E-state index >= 15 is 0 Å². The van der Waals surface area contributed by atoms with Gasteiger partial charge in [0, 0.05) is 31.8 Å². The van der Waals surface area contributed by atoms with Gasteiger partial charge in [0.25, 0.3) is 5.91 Å². The summed E-state index contributed by atoms with van der Waals surface area (Å²) in [4.78, 5) is 25.9. The lowest BCUT2D eigenvalue weighted by Gasteiger charge is -2.13. The second kappa shape index (κ2) is 12.6. The van der Waals surface area contributed by atoms with Gasteiger partial charge in [-0.15, -0.1) is 0 Å². The average molecular weight is 520 g/mol. The lowest BCUT2D eigenvalue weighted by atomic mass is 10.1. The van der Waals surface area contributed by atoms with Crippen LogP contribution in [-0.2, 0) is 11.2 Å². The van der Waals surface area contributed by atoms with Crippen molar-refractivity contribution in [1.29, 1.82) is 0 Å². The molecule has 0 spiro atoms. The molecule has 8 heteroatoms. The van der Waals surface area contributed by atoms with Crippen molar-refractivity contribution < 1.29 is 14.3 Å². The third-order valence-electron chi connectivity index (χ3n) is 4.69. The van der Waals surface area contributed by atoms with Gasteiger partial charge in [0.05, 0.1) is 11.1 Å². The molecule has 172 valence electrons. The Morgan fingerprint density at radius 2 is 1.91 bits per heavy atom. The first-order valence-corrected chi connectivity index (χ1v) is 11.7. The van der Waals surface area contributed by atoms with Crippen LogP contribution in [0.1, 0.15) is 42.6 Å². The summed E-state index contributed by atoms with van der Waals surface area (Å²) < 4.78 is 6.48. The monoisotopic (exact) mass is 519 g/mol. The molecular formula is C24H30BrN3O3S. The highest BCUT2D eigenvalue weighted by atomic mass is 79.9. The third-order valence-corrected chi connectivity index (χ3v) is 5.51. The first kappa shape index (κ1) is 25.8. The van der Waals surface area contributed by atoms with Crippen LogP contribution >= 0.6 is 28.1 Å². The second-order valence-corrected chi connectivity index (χ2v) is 9.34. The van der Waals surface area contributed by atoms with Crippen LogP contribution in [0.3, 0.4) is 0 Å². The Bertz CT molecular complexity index is 963. The van der Waals surface area contributed by atoms with Crippen molar-refractivity contribution in [2.24, 2.45) is 5.92 Å². The van der Waals surface area contributed by atoms with E-state index in [4.69, 9.17) is 17.0 Å². The smallest absolute Gasteiger partial charge is 0.257 e. The predicted octanol–water partition coefficient (Wildman–Crippen LogP) is 5.02. The number of anilines is 1. The number of thiocarbonyl (C=S) groups is 1. The minimum Gasteiger partial charge on any atom is -0.492 e. The molecule has 0 bridgehead atoms. The largest absolute Gasteiger partial charge is 0.492 e. The van der Waals surface area contributed by atoms with Gasteiger partial charge in [0.2, 0.25) is 5.91 Å². The molecule has 0 aliphatic carbocycles. The van der Waals surface area contributed by atoms with Crippen LogP contribution in [0.4, 0.5) is 5.69 Å². The normalized spacial score (nSPS) is 10.6. The minimum atomic E-state index is -0.315. The molecule has 0 aromatic heterocycles. The Labute approximate surface area is 203 Å². The van der Waals surface area contributed by atoms with Gasteiger partial charge in [-0.25, -0.2) is 0 Å². The summed E-state index contributed by atoms with van der Waals surface area (Å²) in [6.07, 6.45) is 2.02. The molecule has 0 fully saturated rings. The molecular weight excluding hydrogens is 490 g/mol. The topological polar surface area (TPSA) is 70.7 Å². The highest BCUT2D eigenvalue weighted by Crippen LogP contribution is 2.26. The fourth-order valence-corrected chi connectivity index (χ4v) is 3.48. The lowest BCUT2D eigenvalue weighted by molar-refractivity contribution is -0.128. The van der Waals surface area contributed by atoms with Crippen molar-refractivity contribution >= 4 is 50.8 Å². The first-order chi connectivity index (χ1) is 15.2. The van der Waals surface area contributed by atoms with Gasteiger partial charge in [0.15, 0.2) is 5.11 Å². The van der Waals surface area contributed by atoms with E-state index in [9.17, 15) is 9.59 Å². The van der Waals surface area contributed by atoms with E-state index in [-0.39, 0.29) is 16.9 Å². The third kappa shape index (κ3) is 8.59. The molecule has 2 aromatic carbocycles. The van der Waals surface area contributed by atoms with E-state index in [0.717, 1.165) is 17.7 Å². The lowest BCUT2D eigenvalue weighted by Crippen LogP contribution is -2.34. The van der Waals surface area contributed by atoms with E-state index in [0.29, 0.717) is 41.2 Å². The van der Waals surface area contributed by atoms with Crippen LogP contribution in [0.15, 0.2) is 46.9 Å². The quantitative estimate of drug-likeness (QED) is 0.455. The molecule has 0 radical (unpaired) electrons. The van der Waals surface area contributed by atoms with Crippen LogP contribution in [0.5, 0.6) is 5.75 Å². The minimum absolute atomic E-state index is 0.0775. The number of halogens is 1. The summed E-state index contributed by atoms with van der Waals surface area (Å²) in [5.74, 6) is 1.03. The number of aryl methyl sites for hydroxylation is 1. The molecule has 0 saturated carbocycles. The zero-order chi connectivity index (χ0) is 23.7. The van der Waals surface area contributed by atoms with Gasteiger partial charge >= 0.3 is 0 Å². The standard InChI is InChI=1S/C24H30BrN3O3S/c1-16(2)12-13-31-21-10-9-18(15-20(21)25)23(30)27-24(32)26-19-7-5-6-17(14-19)8-11-22(29)28(3)4/h5-7,9-10,14-16H,8,11-13H2,1-4H3,(H2,26,27,30,32). The molecule has 6 nitrogen and oxygen atoms in total. The van der Waals surface area contributed by atoms with E-state index in [2.05, 4.69) is 40.4 Å². The number of rotatable bonds is 9. The highest BCUT2D eigenvalue weighted by molar-refractivity contribution is 9.10. The fourth-order valence-electron chi connectivity index (χ4n) is 2.78. The van der Waals surface area contributed by atoms with Gasteiger partial charge in [-0.2, -0.15) is 0 Å². The zero-order valence-corrected chi connectivity index (χ0v) is 21.3. The predicted molar refractivity (Wildman–Crippen MR) is 136 cm³/mol. The summed E-state index contributed by atoms with van der Waals surface area (Å²) in [5.41, 5.74) is 2.23. The number of carbonyl (C=O) groups is 2. The van der Waals surface area contributed by atoms with Crippen LogP contribution in [-0.4, -0.2) is 42.5 Å². The average Bonchev–Trinajstić information content (AvgIpc) is 2.72. The summed E-state index contributed by atoms with van der Waals surface area (Å²) in [7, 11) is 3.49. The zero-order valence-electron chi connectivity index (χ0n) is 18.9. The van der Waals surface area contributed by atoms with Gasteiger partial charge < -0.3 is 15.0 Å². The number of benzene rings is 2. The highest BCUT2D eigenvalue weighted by Gasteiger charge is 2.12. The number of nitrogens with zero attached hydrogens (tertiary/aromatic N) is 1. The number of nitrogens with one attached hydrogen (secondary N) is 2. The van der Waals surface area contributed by atoms with Crippen LogP contribution < -0.4 is 15.4 Å². The summed E-state index contributed by atoms with van der Waals surface area (Å²) in [6.45, 7) is 4.91. The number of hydrogen-bond donors (Lipinski definition) is 2. The molecule has 2 amide bonds. The molecule has 0 unspecified atom stereocenters. The van der Waals surface area contributed by atoms with Gasteiger partial charge in [0.1, 0.15) is 5.75 Å². The molecule has 0 heterocycles. The molecule has 0 saturated heterocycles. The maximum Gasteiger partial charge on any atom is 0.257 e. The maximum absolute atomic E-state index is 12.6. The Balaban J connectivity index is 1.91. The van der Waals surface area contributed by atoms with Crippen molar-refractivity contribution in [2.45, 2.75) is 33.1 Å². The molecule has 2 aromatic rings. The second-order valence-electron chi connectivity index (χ2n) is 8.07. The van der Waals surface area contributed by atoms with Crippen molar-refractivity contribution in [2.75, 3.05) is 26.0 Å². The number of hydrogen-bond acceptors (Lipinski definition) is 4. The molecule has 2 rings (SSSR count). The summed E-state index contributed by atoms with van der Waals surface area (Å²) in [6, 6.07) is 12.8. The van der Waals surface area contributed by atoms with Crippen molar-refractivity contribution in [1.82, 2.24) is 10.2 Å². The Hall–Kier alpha value is -2.45. The number of ether oxygens (including phenoxy) is 1. The van der Waals surface area contributed by atoms with Crippen molar-refractivity contribution in [3.05, 3.63) is 58.1 Å². The van der Waals surface area contributed by atoms with Crippen molar-refractivity contribution in [3.8, 4) is 5.75 Å². The van der Waals surface area contributed by atoms with E-state index in [1.54, 1.807) is 37.2 Å². The summed E-state index contributed by atoms with van der Waals surface area (Å²) >= 11 is 8.76. The molecule has 0 aliphatic rings. The van der Waals surface area contributed by atoms with Crippen LogP contribution in [0, 0.1) is 5.92 Å². The van der Waals surface area contributed by atoms with E-state index < -0.39 is 0 Å².